The molecule has 0 radical (unpaired) electrons. The van der Waals surface area contributed by atoms with E-state index in [2.05, 4.69) is 4.98 Å². The fraction of sp³-hybridized carbons (Fsp3) is 0.500. The summed E-state index contributed by atoms with van der Waals surface area (Å²) in [4.78, 5) is 13.4. The van der Waals surface area contributed by atoms with Crippen LogP contribution >= 0.6 is 0 Å². The van der Waals surface area contributed by atoms with E-state index in [-0.39, 0.29) is 17.5 Å². The van der Waals surface area contributed by atoms with Crippen molar-refractivity contribution in [2.24, 2.45) is 0 Å². The molecule has 0 atom stereocenters. The minimum Gasteiger partial charge on any atom is -0.494 e. The normalized spacial score (nSPS) is 10.2. The Morgan fingerprint density at radius 2 is 2.20 bits per heavy atom. The first-order valence-corrected chi connectivity index (χ1v) is 4.95. The highest BCUT2D eigenvalue weighted by Crippen LogP contribution is 2.29. The largest absolute Gasteiger partial charge is 0.494 e. The van der Waals surface area contributed by atoms with Crippen molar-refractivity contribution in [1.82, 2.24) is 4.98 Å². The molecular weight excluding hydrogens is 198 g/mol. The molecule has 0 aliphatic carbocycles. The molecule has 1 aromatic heterocycles. The number of aromatic amines is 1. The quantitative estimate of drug-likeness (QED) is 0.515. The highest BCUT2D eigenvalue weighted by molar-refractivity contribution is 5.73. The Labute approximate surface area is 87.7 Å². The van der Waals surface area contributed by atoms with E-state index >= 15 is 0 Å². The zero-order valence-corrected chi connectivity index (χ0v) is 8.62. The maximum absolute atomic E-state index is 11.2. The fourth-order valence-corrected chi connectivity index (χ4v) is 1.18. The molecule has 3 N–H and O–H groups in total. The molecule has 0 saturated heterocycles. The Kier molecular flexibility index (Phi) is 4.03. The Bertz CT molecular complexity index is 332. The maximum atomic E-state index is 11.2. The van der Waals surface area contributed by atoms with Crippen LogP contribution in [-0.4, -0.2) is 21.2 Å². The van der Waals surface area contributed by atoms with Crippen LogP contribution in [0.3, 0.4) is 0 Å². The summed E-state index contributed by atoms with van der Waals surface area (Å²) in [7, 11) is 0. The van der Waals surface area contributed by atoms with Crippen molar-refractivity contribution in [2.75, 3.05) is 0 Å². The second-order valence-corrected chi connectivity index (χ2v) is 3.30. The van der Waals surface area contributed by atoms with Crippen molar-refractivity contribution in [3.05, 3.63) is 6.07 Å². The van der Waals surface area contributed by atoms with Crippen LogP contribution in [0.4, 0.5) is 0 Å². The molecule has 0 saturated carbocycles. The molecular formula is C10H15NO4. The lowest BCUT2D eigenvalue weighted by Crippen LogP contribution is -2.06. The molecule has 0 unspecified atom stereocenters. The molecule has 5 heteroatoms. The summed E-state index contributed by atoms with van der Waals surface area (Å²) in [6.45, 7) is 2.04. The van der Waals surface area contributed by atoms with Gasteiger partial charge in [-0.25, -0.2) is 0 Å². The lowest BCUT2D eigenvalue weighted by atomic mass is 10.2. The number of carbonyl (C=O) groups is 1. The van der Waals surface area contributed by atoms with E-state index in [9.17, 15) is 4.79 Å². The summed E-state index contributed by atoms with van der Waals surface area (Å²) in [5, 5.41) is 18.1. The topological polar surface area (TPSA) is 82.5 Å². The van der Waals surface area contributed by atoms with Crippen molar-refractivity contribution in [1.29, 1.82) is 0 Å². The molecule has 5 nitrogen and oxygen atoms in total. The third-order valence-corrected chi connectivity index (χ3v) is 1.96. The number of rotatable bonds is 5. The first kappa shape index (κ1) is 11.4. The van der Waals surface area contributed by atoms with Gasteiger partial charge in [-0.15, -0.1) is 0 Å². The first-order chi connectivity index (χ1) is 7.13. The number of ether oxygens (including phenoxy) is 1. The average molecular weight is 213 g/mol. The number of aromatic hydroxyl groups is 2. The number of nitrogens with one attached hydrogen (secondary N) is 1. The number of aromatic nitrogens is 1. The summed E-state index contributed by atoms with van der Waals surface area (Å²) in [5.41, 5.74) is 0. The van der Waals surface area contributed by atoms with E-state index in [0.717, 1.165) is 25.3 Å². The van der Waals surface area contributed by atoms with Gasteiger partial charge < -0.3 is 14.9 Å². The number of H-pyrrole nitrogens is 1. The standard InChI is InChI=1S/C10H15NO4/c1-2-3-4-5-9(13)15-7-6-8(12)11-10(7)14/h6,11-12,14H,2-5H2,1H3. The maximum Gasteiger partial charge on any atom is 0.311 e. The molecule has 84 valence electrons. The van der Waals surface area contributed by atoms with Gasteiger partial charge in [0.25, 0.3) is 0 Å². The fourth-order valence-electron chi connectivity index (χ4n) is 1.18. The summed E-state index contributed by atoms with van der Waals surface area (Å²) < 4.78 is 4.83. The summed E-state index contributed by atoms with van der Waals surface area (Å²) in [5.74, 6) is -1.01. The second-order valence-electron chi connectivity index (χ2n) is 3.30. The van der Waals surface area contributed by atoms with Crippen LogP contribution in [-0.2, 0) is 4.79 Å². The van der Waals surface area contributed by atoms with Gasteiger partial charge in [0.15, 0.2) is 11.6 Å². The van der Waals surface area contributed by atoms with Gasteiger partial charge in [0.1, 0.15) is 0 Å². The van der Waals surface area contributed by atoms with Gasteiger partial charge in [-0.2, -0.15) is 0 Å². The summed E-state index contributed by atoms with van der Waals surface area (Å²) >= 11 is 0. The van der Waals surface area contributed by atoms with Gasteiger partial charge in [0, 0.05) is 12.5 Å². The van der Waals surface area contributed by atoms with Crippen molar-refractivity contribution in [3.63, 3.8) is 0 Å². The van der Waals surface area contributed by atoms with Crippen molar-refractivity contribution < 1.29 is 19.7 Å². The van der Waals surface area contributed by atoms with E-state index in [1.54, 1.807) is 0 Å². The molecule has 15 heavy (non-hydrogen) atoms. The Morgan fingerprint density at radius 3 is 2.73 bits per heavy atom. The van der Waals surface area contributed by atoms with Gasteiger partial charge in [-0.3, -0.25) is 9.78 Å². The van der Waals surface area contributed by atoms with Gasteiger partial charge in [-0.05, 0) is 6.42 Å². The average Bonchev–Trinajstić information content (AvgIpc) is 2.45. The van der Waals surface area contributed by atoms with Crippen molar-refractivity contribution in [2.45, 2.75) is 32.6 Å². The van der Waals surface area contributed by atoms with E-state index in [1.165, 1.54) is 0 Å². The molecule has 0 fully saturated rings. The minimum atomic E-state index is -0.405. The van der Waals surface area contributed by atoms with Crippen LogP contribution in [0.5, 0.6) is 17.5 Å². The Morgan fingerprint density at radius 1 is 1.47 bits per heavy atom. The molecule has 0 bridgehead atoms. The summed E-state index contributed by atoms with van der Waals surface area (Å²) in [6.07, 6.45) is 3.09. The lowest BCUT2D eigenvalue weighted by molar-refractivity contribution is -0.134. The molecule has 1 rings (SSSR count). The predicted molar refractivity (Wildman–Crippen MR) is 53.9 cm³/mol. The third-order valence-electron chi connectivity index (χ3n) is 1.96. The van der Waals surface area contributed by atoms with E-state index in [0.29, 0.717) is 6.42 Å². The number of carbonyl (C=O) groups excluding carboxylic acids is 1. The van der Waals surface area contributed by atoms with Crippen LogP contribution in [0, 0.1) is 0 Å². The van der Waals surface area contributed by atoms with E-state index < -0.39 is 5.97 Å². The molecule has 0 aliphatic heterocycles. The molecule has 1 aromatic rings. The highest BCUT2D eigenvalue weighted by atomic mass is 16.5. The number of hydrogen-bond acceptors (Lipinski definition) is 4. The minimum absolute atomic E-state index is 0.0333. The zero-order chi connectivity index (χ0) is 11.3. The van der Waals surface area contributed by atoms with Crippen molar-refractivity contribution >= 4 is 5.97 Å². The van der Waals surface area contributed by atoms with E-state index in [1.807, 2.05) is 6.92 Å². The SMILES string of the molecule is CCCCCC(=O)Oc1cc(O)[nH]c1O. The molecule has 0 aromatic carbocycles. The predicted octanol–water partition coefficient (Wildman–Crippen LogP) is 1.91. The first-order valence-electron chi connectivity index (χ1n) is 4.95. The highest BCUT2D eigenvalue weighted by Gasteiger charge is 2.11. The lowest BCUT2D eigenvalue weighted by Gasteiger charge is -2.01. The summed E-state index contributed by atoms with van der Waals surface area (Å²) in [6, 6.07) is 1.16. The van der Waals surface area contributed by atoms with Crippen molar-refractivity contribution in [3.8, 4) is 17.5 Å². The molecule has 0 aliphatic rings. The van der Waals surface area contributed by atoms with Crippen LogP contribution in [0.1, 0.15) is 32.6 Å². The monoisotopic (exact) mass is 213 g/mol. The van der Waals surface area contributed by atoms with Gasteiger partial charge in [-0.1, -0.05) is 19.8 Å². The van der Waals surface area contributed by atoms with Gasteiger partial charge >= 0.3 is 5.97 Å². The van der Waals surface area contributed by atoms with E-state index in [4.69, 9.17) is 14.9 Å². The number of unbranched alkanes of at least 4 members (excludes halogenated alkanes) is 2. The number of esters is 1. The molecule has 0 amide bonds. The Balaban J connectivity index is 2.41. The van der Waals surface area contributed by atoms with Crippen LogP contribution in [0.15, 0.2) is 6.07 Å². The smallest absolute Gasteiger partial charge is 0.311 e. The second kappa shape index (κ2) is 5.29. The zero-order valence-electron chi connectivity index (χ0n) is 8.62. The van der Waals surface area contributed by atoms with Crippen LogP contribution in [0.25, 0.3) is 0 Å². The molecule has 0 spiro atoms. The van der Waals surface area contributed by atoms with Crippen LogP contribution < -0.4 is 4.74 Å². The van der Waals surface area contributed by atoms with Gasteiger partial charge in [0.2, 0.25) is 5.88 Å². The third kappa shape index (κ3) is 3.53. The van der Waals surface area contributed by atoms with Gasteiger partial charge in [0.05, 0.1) is 0 Å². The Hall–Kier alpha value is -1.65. The molecule has 1 heterocycles. The number of hydrogen-bond donors (Lipinski definition) is 3. The van der Waals surface area contributed by atoms with Crippen LogP contribution in [0.2, 0.25) is 0 Å².